The molecule has 0 spiro atoms. The molecule has 0 N–H and O–H groups in total. The Morgan fingerprint density at radius 2 is 1.34 bits per heavy atom. The van der Waals surface area contributed by atoms with Crippen LogP contribution in [0.15, 0.2) is 66.7 Å². The van der Waals surface area contributed by atoms with E-state index in [9.17, 15) is 19.7 Å². The van der Waals surface area contributed by atoms with Gasteiger partial charge in [0.15, 0.2) is 0 Å². The van der Waals surface area contributed by atoms with Gasteiger partial charge >= 0.3 is 0 Å². The smallest absolute Gasteiger partial charge is 0.297 e. The van der Waals surface area contributed by atoms with Crippen molar-refractivity contribution in [3.8, 4) is 5.75 Å². The molecule has 3 aliphatic carbocycles. The van der Waals surface area contributed by atoms with Gasteiger partial charge in [0.25, 0.3) is 5.69 Å². The quantitative estimate of drug-likeness (QED) is 0.174. The summed E-state index contributed by atoms with van der Waals surface area (Å²) in [6.07, 6.45) is 0. The van der Waals surface area contributed by atoms with Gasteiger partial charge in [-0.05, 0) is 41.3 Å². The first kappa shape index (κ1) is 22.4. The normalized spacial score (nSPS) is 27.9. The minimum Gasteiger partial charge on any atom is -0.494 e. The molecule has 0 saturated carbocycles. The lowest BCUT2D eigenvalue weighted by Crippen LogP contribution is -2.56. The Morgan fingerprint density at radius 1 is 0.886 bits per heavy atom. The maximum absolute atomic E-state index is 14.1. The van der Waals surface area contributed by atoms with E-state index in [0.717, 1.165) is 27.2 Å². The van der Waals surface area contributed by atoms with Gasteiger partial charge in [-0.15, -0.1) is 0 Å². The van der Waals surface area contributed by atoms with Crippen molar-refractivity contribution in [3.63, 3.8) is 0 Å². The summed E-state index contributed by atoms with van der Waals surface area (Å²) in [4.78, 5) is 40.6. The van der Waals surface area contributed by atoms with Crippen LogP contribution in [-0.4, -0.2) is 23.3 Å². The van der Waals surface area contributed by atoms with Gasteiger partial charge in [0.05, 0.1) is 38.1 Å². The first-order valence-corrected chi connectivity index (χ1v) is 12.7. The second kappa shape index (κ2) is 7.48. The van der Waals surface area contributed by atoms with E-state index >= 15 is 0 Å². The fraction of sp³-hybridized carbons (Fsp3) is 0.231. The van der Waals surface area contributed by atoms with Gasteiger partial charge < -0.3 is 4.74 Å². The SMILES string of the molecule is CCOc1ccc(N2C(=O)C3C(C2=O)C2(Br)c4ccccc4C3(Br)c3ccccc32)c([N+](=O)[O-])c1. The Morgan fingerprint density at radius 3 is 1.74 bits per heavy atom. The van der Waals surface area contributed by atoms with Gasteiger partial charge in [-0.25, -0.2) is 4.90 Å². The van der Waals surface area contributed by atoms with Crippen LogP contribution in [0.5, 0.6) is 5.75 Å². The number of hydrogen-bond donors (Lipinski definition) is 0. The van der Waals surface area contributed by atoms with E-state index in [-0.39, 0.29) is 11.4 Å². The molecular weight excluding hydrogens is 580 g/mol. The molecule has 3 aromatic rings. The first-order valence-electron chi connectivity index (χ1n) is 11.1. The zero-order valence-electron chi connectivity index (χ0n) is 18.4. The number of anilines is 1. The van der Waals surface area contributed by atoms with Crippen LogP contribution in [0, 0.1) is 22.0 Å². The number of nitro groups is 1. The molecule has 35 heavy (non-hydrogen) atoms. The number of benzene rings is 3. The standard InChI is InChI=1S/C26H18Br2N2O5/c1-2-35-14-11-12-19(20(13-14)30(33)34)29-23(31)21-22(24(29)32)26(28)16-8-4-3-7-15(16)25(21,27)17-9-5-6-10-18(17)26/h3-13,21-22H,2H2,1H3. The summed E-state index contributed by atoms with van der Waals surface area (Å²) in [5.74, 6) is -2.25. The number of imide groups is 1. The third-order valence-electron chi connectivity index (χ3n) is 7.28. The fourth-order valence-corrected chi connectivity index (χ4v) is 8.30. The third-order valence-corrected chi connectivity index (χ3v) is 9.98. The van der Waals surface area contributed by atoms with E-state index in [1.807, 2.05) is 48.5 Å². The summed E-state index contributed by atoms with van der Waals surface area (Å²) in [6.45, 7) is 2.10. The molecule has 1 fully saturated rings. The summed E-state index contributed by atoms with van der Waals surface area (Å²) in [5.41, 5.74) is 3.21. The highest BCUT2D eigenvalue weighted by atomic mass is 79.9. The van der Waals surface area contributed by atoms with Gasteiger partial charge in [-0.3, -0.25) is 19.7 Å². The van der Waals surface area contributed by atoms with E-state index in [2.05, 4.69) is 31.9 Å². The molecule has 2 unspecified atom stereocenters. The van der Waals surface area contributed by atoms with E-state index in [1.165, 1.54) is 12.1 Å². The molecule has 1 heterocycles. The van der Waals surface area contributed by atoms with Crippen molar-refractivity contribution in [1.82, 2.24) is 0 Å². The topological polar surface area (TPSA) is 89.8 Å². The van der Waals surface area contributed by atoms with Crippen molar-refractivity contribution >= 4 is 55.0 Å². The summed E-state index contributed by atoms with van der Waals surface area (Å²) in [6, 6.07) is 19.7. The Labute approximate surface area is 217 Å². The Kier molecular flexibility index (Phi) is 4.79. The second-order valence-corrected chi connectivity index (χ2v) is 11.3. The number of carbonyl (C=O) groups excluding carboxylic acids is 2. The lowest BCUT2D eigenvalue weighted by Gasteiger charge is -2.55. The molecule has 2 bridgehead atoms. The summed E-state index contributed by atoms with van der Waals surface area (Å²) in [5, 5.41) is 12.0. The maximum atomic E-state index is 14.1. The fourth-order valence-electron chi connectivity index (χ4n) is 6.00. The molecule has 4 aliphatic rings. The van der Waals surface area contributed by atoms with E-state index in [0.29, 0.717) is 12.4 Å². The van der Waals surface area contributed by atoms with Crippen LogP contribution >= 0.6 is 31.9 Å². The number of rotatable bonds is 4. The number of nitrogens with zero attached hydrogens (tertiary/aromatic N) is 2. The van der Waals surface area contributed by atoms with Crippen molar-refractivity contribution in [2.45, 2.75) is 15.6 Å². The van der Waals surface area contributed by atoms with Crippen LogP contribution in [0.4, 0.5) is 11.4 Å². The van der Waals surface area contributed by atoms with Crippen molar-refractivity contribution in [2.75, 3.05) is 11.5 Å². The zero-order valence-corrected chi connectivity index (χ0v) is 21.6. The molecule has 1 saturated heterocycles. The third kappa shape index (κ3) is 2.65. The number of alkyl halides is 2. The van der Waals surface area contributed by atoms with E-state index in [4.69, 9.17) is 4.74 Å². The highest BCUT2D eigenvalue weighted by molar-refractivity contribution is 9.10. The lowest BCUT2D eigenvalue weighted by molar-refractivity contribution is -0.384. The highest BCUT2D eigenvalue weighted by Crippen LogP contribution is 2.71. The Balaban J connectivity index is 1.60. The van der Waals surface area contributed by atoms with Gasteiger partial charge in [0.1, 0.15) is 11.4 Å². The number of amides is 2. The van der Waals surface area contributed by atoms with Crippen LogP contribution in [-0.2, 0) is 18.2 Å². The molecule has 7 nitrogen and oxygen atoms in total. The monoisotopic (exact) mass is 596 g/mol. The molecule has 2 amide bonds. The van der Waals surface area contributed by atoms with Gasteiger partial charge in [-0.2, -0.15) is 0 Å². The van der Waals surface area contributed by atoms with Crippen molar-refractivity contribution in [2.24, 2.45) is 11.8 Å². The predicted octanol–water partition coefficient (Wildman–Crippen LogP) is 5.40. The molecule has 176 valence electrons. The van der Waals surface area contributed by atoms with Crippen LogP contribution in [0.3, 0.4) is 0 Å². The number of nitro benzene ring substituents is 1. The van der Waals surface area contributed by atoms with Crippen LogP contribution in [0.25, 0.3) is 0 Å². The summed E-state index contributed by atoms with van der Waals surface area (Å²) in [7, 11) is 0. The predicted molar refractivity (Wildman–Crippen MR) is 136 cm³/mol. The molecule has 9 heteroatoms. The molecular formula is C26H18Br2N2O5. The average Bonchev–Trinajstić information content (AvgIpc) is 3.13. The molecule has 7 rings (SSSR count). The first-order chi connectivity index (χ1) is 16.8. The zero-order chi connectivity index (χ0) is 24.7. The minimum absolute atomic E-state index is 0.0532. The number of carbonyl (C=O) groups is 2. The number of hydrogen-bond acceptors (Lipinski definition) is 5. The summed E-state index contributed by atoms with van der Waals surface area (Å²) < 4.78 is 3.50. The van der Waals surface area contributed by atoms with E-state index in [1.54, 1.807) is 13.0 Å². The minimum atomic E-state index is -0.956. The van der Waals surface area contributed by atoms with Gasteiger partial charge in [-0.1, -0.05) is 80.4 Å². The number of halogens is 2. The average molecular weight is 598 g/mol. The Hall–Kier alpha value is -3.04. The van der Waals surface area contributed by atoms with Crippen molar-refractivity contribution in [3.05, 3.63) is 99.1 Å². The maximum Gasteiger partial charge on any atom is 0.297 e. The highest BCUT2D eigenvalue weighted by Gasteiger charge is 2.72. The van der Waals surface area contributed by atoms with Crippen molar-refractivity contribution < 1.29 is 19.2 Å². The van der Waals surface area contributed by atoms with Gasteiger partial charge in [0.2, 0.25) is 11.8 Å². The van der Waals surface area contributed by atoms with Crippen LogP contribution in [0.2, 0.25) is 0 Å². The second-order valence-electron chi connectivity index (χ2n) is 8.82. The molecule has 2 atom stereocenters. The van der Waals surface area contributed by atoms with Crippen LogP contribution in [0.1, 0.15) is 29.2 Å². The van der Waals surface area contributed by atoms with Crippen molar-refractivity contribution in [1.29, 1.82) is 0 Å². The Bertz CT molecular complexity index is 1330. The summed E-state index contributed by atoms with van der Waals surface area (Å²) >= 11 is 7.87. The molecule has 0 aromatic heterocycles. The number of ether oxygens (including phenoxy) is 1. The van der Waals surface area contributed by atoms with Crippen LogP contribution < -0.4 is 9.64 Å². The molecule has 3 aromatic carbocycles. The lowest BCUT2D eigenvalue weighted by atomic mass is 9.54. The van der Waals surface area contributed by atoms with Gasteiger partial charge in [0, 0.05) is 0 Å². The molecule has 1 aliphatic heterocycles. The molecule has 0 radical (unpaired) electrons. The largest absolute Gasteiger partial charge is 0.494 e. The van der Waals surface area contributed by atoms with E-state index < -0.39 is 37.2 Å².